The molecule has 1 aliphatic heterocycles. The maximum Gasteiger partial charge on any atom is 0.159 e. The fourth-order valence-electron chi connectivity index (χ4n) is 3.95. The van der Waals surface area contributed by atoms with Gasteiger partial charge < -0.3 is 4.90 Å². The van der Waals surface area contributed by atoms with E-state index in [1.54, 1.807) is 17.2 Å². The molecule has 0 N–H and O–H groups in total. The smallest absolute Gasteiger partial charge is 0.159 e. The minimum Gasteiger partial charge on any atom is -0.301 e. The third-order valence-electron chi connectivity index (χ3n) is 5.72. The van der Waals surface area contributed by atoms with Crippen LogP contribution in [0.25, 0.3) is 11.0 Å². The first-order chi connectivity index (χ1) is 12.8. The van der Waals surface area contributed by atoms with Crippen LogP contribution in [0, 0.1) is 0 Å². The second-order valence-corrected chi connectivity index (χ2v) is 7.57. The largest absolute Gasteiger partial charge is 0.301 e. The lowest BCUT2D eigenvalue weighted by molar-refractivity contribution is 0.198. The van der Waals surface area contributed by atoms with Crippen LogP contribution in [-0.2, 0) is 6.54 Å². The number of pyridine rings is 2. The summed E-state index contributed by atoms with van der Waals surface area (Å²) in [7, 11) is 0. The second-order valence-electron chi connectivity index (χ2n) is 7.57. The van der Waals surface area contributed by atoms with Crippen LogP contribution in [0.4, 0.5) is 0 Å². The van der Waals surface area contributed by atoms with Crippen LogP contribution < -0.4 is 0 Å². The number of hydrogen-bond acceptors (Lipinski definition) is 5. The van der Waals surface area contributed by atoms with Crippen molar-refractivity contribution in [3.05, 3.63) is 48.0 Å². The van der Waals surface area contributed by atoms with Crippen molar-refractivity contribution in [2.24, 2.45) is 0 Å². The van der Waals surface area contributed by atoms with E-state index in [4.69, 9.17) is 4.98 Å². The third kappa shape index (κ3) is 3.33. The van der Waals surface area contributed by atoms with Crippen molar-refractivity contribution >= 4 is 11.0 Å². The molecule has 0 atom stereocenters. The van der Waals surface area contributed by atoms with E-state index in [2.05, 4.69) is 38.3 Å². The summed E-state index contributed by atoms with van der Waals surface area (Å²) in [6.07, 6.45) is 10.4. The maximum atomic E-state index is 4.88. The Labute approximate surface area is 153 Å². The summed E-state index contributed by atoms with van der Waals surface area (Å²) in [6.45, 7) is 4.09. The molecule has 26 heavy (non-hydrogen) atoms. The monoisotopic (exact) mass is 348 g/mol. The van der Waals surface area contributed by atoms with Crippen LogP contribution in [0.3, 0.4) is 0 Å². The first-order valence-electron chi connectivity index (χ1n) is 9.68. The lowest BCUT2D eigenvalue weighted by Crippen LogP contribution is -2.35. The molecule has 5 rings (SSSR count). The van der Waals surface area contributed by atoms with E-state index in [1.165, 1.54) is 29.5 Å². The zero-order valence-electron chi connectivity index (χ0n) is 15.0. The number of likely N-dealkylation sites (tertiary alicyclic amines) is 1. The van der Waals surface area contributed by atoms with Gasteiger partial charge in [0.2, 0.25) is 0 Å². The minimum atomic E-state index is 0.545. The van der Waals surface area contributed by atoms with E-state index >= 15 is 0 Å². The molecule has 0 spiro atoms. The molecular weight excluding hydrogens is 324 g/mol. The van der Waals surface area contributed by atoms with E-state index in [1.807, 2.05) is 6.20 Å². The van der Waals surface area contributed by atoms with Crippen LogP contribution in [0.1, 0.15) is 48.8 Å². The Bertz CT molecular complexity index is 878. The van der Waals surface area contributed by atoms with Gasteiger partial charge in [-0.25, -0.2) is 9.97 Å². The Balaban J connectivity index is 1.22. The molecule has 3 aromatic heterocycles. The van der Waals surface area contributed by atoms with Crippen molar-refractivity contribution < 1.29 is 0 Å². The van der Waals surface area contributed by atoms with Gasteiger partial charge in [-0.2, -0.15) is 15.0 Å². The summed E-state index contributed by atoms with van der Waals surface area (Å²) in [5, 5.41) is 9.53. The lowest BCUT2D eigenvalue weighted by atomic mass is 9.93. The van der Waals surface area contributed by atoms with Crippen molar-refractivity contribution in [1.29, 1.82) is 0 Å². The molecule has 0 unspecified atom stereocenters. The Hall–Kier alpha value is -2.34. The third-order valence-corrected chi connectivity index (χ3v) is 5.72. The fraction of sp³-hybridized carbons (Fsp3) is 0.500. The Morgan fingerprint density at radius 2 is 1.73 bits per heavy atom. The van der Waals surface area contributed by atoms with Gasteiger partial charge in [0.25, 0.3) is 0 Å². The van der Waals surface area contributed by atoms with Gasteiger partial charge in [0.1, 0.15) is 0 Å². The highest BCUT2D eigenvalue weighted by Gasteiger charge is 2.25. The second kappa shape index (κ2) is 6.76. The predicted octanol–water partition coefficient (Wildman–Crippen LogP) is 2.98. The molecule has 4 heterocycles. The van der Waals surface area contributed by atoms with Gasteiger partial charge in [0.05, 0.1) is 18.9 Å². The van der Waals surface area contributed by atoms with Crippen molar-refractivity contribution in [1.82, 2.24) is 29.9 Å². The zero-order chi connectivity index (χ0) is 17.3. The molecule has 2 fully saturated rings. The number of nitrogens with zero attached hydrogens (tertiary/aromatic N) is 6. The first kappa shape index (κ1) is 15.9. The van der Waals surface area contributed by atoms with E-state index in [-0.39, 0.29) is 0 Å². The van der Waals surface area contributed by atoms with E-state index in [0.29, 0.717) is 5.92 Å². The molecule has 6 nitrogen and oxygen atoms in total. The minimum absolute atomic E-state index is 0.545. The maximum absolute atomic E-state index is 4.88. The van der Waals surface area contributed by atoms with Gasteiger partial charge in [-0.15, -0.1) is 0 Å². The highest BCUT2D eigenvalue weighted by Crippen LogP contribution is 2.40. The Morgan fingerprint density at radius 3 is 2.50 bits per heavy atom. The Morgan fingerprint density at radius 1 is 0.923 bits per heavy atom. The standard InChI is InChI=1S/C20H24N6/c1-2-15(1)18-13-17-3-4-19(24-20(17)21-14-18)16-5-9-25(10-6-16)11-12-26-22-7-8-23-26/h3-4,7-8,13-16H,1-2,5-6,9-12H2. The van der Waals surface area contributed by atoms with Crippen molar-refractivity contribution in [2.45, 2.75) is 44.1 Å². The highest BCUT2D eigenvalue weighted by molar-refractivity contribution is 5.75. The van der Waals surface area contributed by atoms with Crippen molar-refractivity contribution in [3.63, 3.8) is 0 Å². The van der Waals surface area contributed by atoms with Gasteiger partial charge >= 0.3 is 0 Å². The number of rotatable bonds is 5. The average molecular weight is 348 g/mol. The average Bonchev–Trinajstić information content (AvgIpc) is 3.42. The van der Waals surface area contributed by atoms with Crippen LogP contribution >= 0.6 is 0 Å². The predicted molar refractivity (Wildman–Crippen MR) is 100.0 cm³/mol. The normalized spacial score (nSPS) is 19.2. The highest BCUT2D eigenvalue weighted by atomic mass is 15.5. The summed E-state index contributed by atoms with van der Waals surface area (Å²) < 4.78 is 0. The number of piperidine rings is 1. The number of fused-ring (bicyclic) bond motifs is 1. The molecule has 134 valence electrons. The van der Waals surface area contributed by atoms with E-state index < -0.39 is 0 Å². The van der Waals surface area contributed by atoms with Gasteiger partial charge in [-0.05, 0) is 68.5 Å². The van der Waals surface area contributed by atoms with Crippen LogP contribution in [0.5, 0.6) is 0 Å². The topological polar surface area (TPSA) is 59.7 Å². The molecule has 0 bridgehead atoms. The van der Waals surface area contributed by atoms with Crippen molar-refractivity contribution in [2.75, 3.05) is 19.6 Å². The molecule has 0 radical (unpaired) electrons. The quantitative estimate of drug-likeness (QED) is 0.709. The SMILES string of the molecule is c1cnn(CCN2CCC(c3ccc4cc(C5CC5)cnc4n3)CC2)n1. The molecule has 0 aromatic carbocycles. The van der Waals surface area contributed by atoms with Crippen LogP contribution in [-0.4, -0.2) is 49.5 Å². The number of hydrogen-bond donors (Lipinski definition) is 0. The van der Waals surface area contributed by atoms with E-state index in [0.717, 1.165) is 50.6 Å². The molecule has 6 heteroatoms. The van der Waals surface area contributed by atoms with Crippen molar-refractivity contribution in [3.8, 4) is 0 Å². The summed E-state index contributed by atoms with van der Waals surface area (Å²) >= 11 is 0. The van der Waals surface area contributed by atoms with Crippen LogP contribution in [0.15, 0.2) is 36.8 Å². The molecular formula is C20H24N6. The Kier molecular flexibility index (Phi) is 4.13. The van der Waals surface area contributed by atoms with Gasteiger partial charge in [-0.3, -0.25) is 0 Å². The fourth-order valence-corrected chi connectivity index (χ4v) is 3.95. The summed E-state index contributed by atoms with van der Waals surface area (Å²) in [6, 6.07) is 6.71. The summed E-state index contributed by atoms with van der Waals surface area (Å²) in [5.74, 6) is 1.29. The molecule has 3 aromatic rings. The first-order valence-corrected chi connectivity index (χ1v) is 9.68. The lowest BCUT2D eigenvalue weighted by Gasteiger charge is -2.31. The van der Waals surface area contributed by atoms with Gasteiger partial charge in [0.15, 0.2) is 5.65 Å². The summed E-state index contributed by atoms with van der Waals surface area (Å²) in [4.78, 5) is 13.8. The molecule has 2 aliphatic rings. The molecule has 1 saturated carbocycles. The van der Waals surface area contributed by atoms with Crippen LogP contribution in [0.2, 0.25) is 0 Å². The molecule has 1 saturated heterocycles. The van der Waals surface area contributed by atoms with Gasteiger partial charge in [0, 0.05) is 29.7 Å². The molecule has 0 amide bonds. The summed E-state index contributed by atoms with van der Waals surface area (Å²) in [5.41, 5.74) is 3.49. The zero-order valence-corrected chi connectivity index (χ0v) is 15.0. The van der Waals surface area contributed by atoms with Gasteiger partial charge in [-0.1, -0.05) is 0 Å². The van der Waals surface area contributed by atoms with E-state index in [9.17, 15) is 0 Å². The number of aromatic nitrogens is 5. The molecule has 1 aliphatic carbocycles.